The summed E-state index contributed by atoms with van der Waals surface area (Å²) in [5.74, 6) is 0.900. The zero-order valence-corrected chi connectivity index (χ0v) is 13.3. The zero-order valence-electron chi connectivity index (χ0n) is 13.3. The third-order valence-corrected chi connectivity index (χ3v) is 4.34. The molecule has 1 fully saturated rings. The monoisotopic (exact) mass is 288 g/mol. The van der Waals surface area contributed by atoms with Gasteiger partial charge in [0.05, 0.1) is 0 Å². The van der Waals surface area contributed by atoms with Crippen LogP contribution in [0.3, 0.4) is 0 Å². The van der Waals surface area contributed by atoms with Gasteiger partial charge in [0.1, 0.15) is 0 Å². The van der Waals surface area contributed by atoms with Crippen LogP contribution in [0.2, 0.25) is 0 Å². The van der Waals surface area contributed by atoms with E-state index in [1.54, 1.807) is 6.92 Å². The molecule has 0 spiro atoms. The van der Waals surface area contributed by atoms with Crippen molar-refractivity contribution in [2.24, 2.45) is 5.92 Å². The fraction of sp³-hybridized carbons (Fsp3) is 0.611. The van der Waals surface area contributed by atoms with Crippen molar-refractivity contribution in [3.63, 3.8) is 0 Å². The molecule has 116 valence electrons. The summed E-state index contributed by atoms with van der Waals surface area (Å²) < 4.78 is 0. The van der Waals surface area contributed by atoms with Gasteiger partial charge in [-0.25, -0.2) is 0 Å². The first-order valence-electron chi connectivity index (χ1n) is 8.31. The molecule has 0 heterocycles. The van der Waals surface area contributed by atoms with Crippen LogP contribution in [0.25, 0.3) is 0 Å². The van der Waals surface area contributed by atoms with Gasteiger partial charge in [-0.1, -0.05) is 38.7 Å². The maximum atomic E-state index is 11.1. The molecule has 0 radical (unpaired) electrons. The topological polar surface area (TPSA) is 41.1 Å². The van der Waals surface area contributed by atoms with Crippen LogP contribution in [-0.2, 0) is 4.79 Å². The van der Waals surface area contributed by atoms with Crippen molar-refractivity contribution in [3.05, 3.63) is 24.3 Å². The number of hydrogen-bond donors (Lipinski definition) is 2. The largest absolute Gasteiger partial charge is 0.382 e. The number of anilines is 2. The Kier molecular flexibility index (Phi) is 6.09. The van der Waals surface area contributed by atoms with Crippen LogP contribution in [0.4, 0.5) is 11.4 Å². The molecule has 21 heavy (non-hydrogen) atoms. The lowest BCUT2D eigenvalue weighted by Gasteiger charge is -2.18. The molecular weight excluding hydrogens is 260 g/mol. The van der Waals surface area contributed by atoms with Gasteiger partial charge in [-0.3, -0.25) is 4.79 Å². The highest BCUT2D eigenvalue weighted by atomic mass is 16.1. The van der Waals surface area contributed by atoms with Gasteiger partial charge in [-0.05, 0) is 43.4 Å². The summed E-state index contributed by atoms with van der Waals surface area (Å²) in [4.78, 5) is 11.1. The first kappa shape index (κ1) is 15.9. The highest BCUT2D eigenvalue weighted by molar-refractivity contribution is 5.89. The predicted molar refractivity (Wildman–Crippen MR) is 89.6 cm³/mol. The van der Waals surface area contributed by atoms with Gasteiger partial charge in [0.25, 0.3) is 0 Å². The zero-order chi connectivity index (χ0) is 15.1. The summed E-state index contributed by atoms with van der Waals surface area (Å²) >= 11 is 0. The molecule has 1 aliphatic rings. The molecule has 2 rings (SSSR count). The normalized spacial score (nSPS) is 22.4. The molecular formula is C18H28N2O. The molecule has 2 atom stereocenters. The molecule has 0 aromatic heterocycles. The third-order valence-electron chi connectivity index (χ3n) is 4.34. The first-order valence-corrected chi connectivity index (χ1v) is 8.31. The standard InChI is InChI=1S/C18H28N2O/c1-3-6-15-7-4-8-16(12-11-15)20-18-10-5-9-17(13-18)19-14(2)21/h5,9-10,13,15-16,20H,3-4,6-8,11-12H2,1-2H3,(H,19,21). The van der Waals surface area contributed by atoms with Crippen molar-refractivity contribution in [3.8, 4) is 0 Å². The fourth-order valence-corrected chi connectivity index (χ4v) is 3.35. The van der Waals surface area contributed by atoms with Crippen molar-refractivity contribution >= 4 is 17.3 Å². The molecule has 1 aliphatic carbocycles. The van der Waals surface area contributed by atoms with Crippen LogP contribution in [-0.4, -0.2) is 11.9 Å². The quantitative estimate of drug-likeness (QED) is 0.764. The van der Waals surface area contributed by atoms with Gasteiger partial charge in [0.2, 0.25) is 5.91 Å². The second-order valence-corrected chi connectivity index (χ2v) is 6.27. The number of nitrogens with one attached hydrogen (secondary N) is 2. The van der Waals surface area contributed by atoms with Gasteiger partial charge in [0.15, 0.2) is 0 Å². The molecule has 3 nitrogen and oxygen atoms in total. The minimum absolute atomic E-state index is 0.0241. The van der Waals surface area contributed by atoms with Gasteiger partial charge < -0.3 is 10.6 Å². The van der Waals surface area contributed by atoms with Crippen LogP contribution in [0, 0.1) is 5.92 Å². The van der Waals surface area contributed by atoms with Crippen molar-refractivity contribution in [1.82, 2.24) is 0 Å². The van der Waals surface area contributed by atoms with Crippen molar-refractivity contribution in [2.45, 2.75) is 64.8 Å². The van der Waals surface area contributed by atoms with Gasteiger partial charge in [0, 0.05) is 24.3 Å². The third kappa shape index (κ3) is 5.41. The highest BCUT2D eigenvalue weighted by Crippen LogP contribution is 2.28. The van der Waals surface area contributed by atoms with Crippen molar-refractivity contribution < 1.29 is 4.79 Å². The summed E-state index contributed by atoms with van der Waals surface area (Å²) in [6, 6.07) is 8.59. The summed E-state index contributed by atoms with van der Waals surface area (Å²) in [6.07, 6.45) is 9.26. The Balaban J connectivity index is 1.90. The Morgan fingerprint density at radius 2 is 2.00 bits per heavy atom. The average Bonchev–Trinajstić information content (AvgIpc) is 2.65. The molecule has 1 aromatic rings. The maximum absolute atomic E-state index is 11.1. The molecule has 0 bridgehead atoms. The maximum Gasteiger partial charge on any atom is 0.221 e. The Labute approximate surface area is 128 Å². The number of hydrogen-bond acceptors (Lipinski definition) is 2. The van der Waals surface area contributed by atoms with E-state index in [4.69, 9.17) is 0 Å². The Morgan fingerprint density at radius 1 is 1.19 bits per heavy atom. The molecule has 1 aromatic carbocycles. The lowest BCUT2D eigenvalue weighted by molar-refractivity contribution is -0.114. The van der Waals surface area contributed by atoms with E-state index in [-0.39, 0.29) is 5.91 Å². The fourth-order valence-electron chi connectivity index (χ4n) is 3.35. The van der Waals surface area contributed by atoms with Crippen LogP contribution < -0.4 is 10.6 Å². The number of carbonyl (C=O) groups is 1. The van der Waals surface area contributed by atoms with E-state index in [0.29, 0.717) is 6.04 Å². The van der Waals surface area contributed by atoms with E-state index in [0.717, 1.165) is 17.3 Å². The number of rotatable bonds is 5. The summed E-state index contributed by atoms with van der Waals surface area (Å²) in [7, 11) is 0. The molecule has 2 unspecified atom stereocenters. The molecule has 1 saturated carbocycles. The molecule has 0 saturated heterocycles. The van der Waals surface area contributed by atoms with E-state index in [9.17, 15) is 4.79 Å². The van der Waals surface area contributed by atoms with Crippen LogP contribution in [0.5, 0.6) is 0 Å². The Bertz CT molecular complexity index is 458. The molecule has 0 aliphatic heterocycles. The second-order valence-electron chi connectivity index (χ2n) is 6.27. The molecule has 2 N–H and O–H groups in total. The first-order chi connectivity index (χ1) is 10.2. The SMILES string of the molecule is CCCC1CCCC(Nc2cccc(NC(C)=O)c2)CC1. The number of carbonyl (C=O) groups excluding carboxylic acids is 1. The van der Waals surface area contributed by atoms with Crippen LogP contribution >= 0.6 is 0 Å². The minimum Gasteiger partial charge on any atom is -0.382 e. The van der Waals surface area contributed by atoms with Crippen LogP contribution in [0.1, 0.15) is 58.8 Å². The number of amides is 1. The lowest BCUT2D eigenvalue weighted by atomic mass is 9.95. The van der Waals surface area contributed by atoms with Crippen LogP contribution in [0.15, 0.2) is 24.3 Å². The van der Waals surface area contributed by atoms with E-state index in [1.165, 1.54) is 44.9 Å². The Hall–Kier alpha value is -1.51. The van der Waals surface area contributed by atoms with Crippen molar-refractivity contribution in [2.75, 3.05) is 10.6 Å². The van der Waals surface area contributed by atoms with Gasteiger partial charge in [-0.15, -0.1) is 0 Å². The van der Waals surface area contributed by atoms with E-state index >= 15 is 0 Å². The van der Waals surface area contributed by atoms with E-state index < -0.39 is 0 Å². The molecule has 3 heteroatoms. The summed E-state index contributed by atoms with van der Waals surface area (Å²) in [5, 5.41) is 6.49. The predicted octanol–water partition coefficient (Wildman–Crippen LogP) is 4.81. The van der Waals surface area contributed by atoms with Gasteiger partial charge in [-0.2, -0.15) is 0 Å². The second kappa shape index (κ2) is 8.06. The van der Waals surface area contributed by atoms with Gasteiger partial charge >= 0.3 is 0 Å². The lowest BCUT2D eigenvalue weighted by Crippen LogP contribution is -2.18. The molecule has 1 amide bonds. The van der Waals surface area contributed by atoms with E-state index in [2.05, 4.69) is 23.6 Å². The van der Waals surface area contributed by atoms with E-state index in [1.807, 2.05) is 18.2 Å². The smallest absolute Gasteiger partial charge is 0.221 e. The number of benzene rings is 1. The summed E-state index contributed by atoms with van der Waals surface area (Å²) in [6.45, 7) is 3.83. The summed E-state index contributed by atoms with van der Waals surface area (Å²) in [5.41, 5.74) is 1.98. The average molecular weight is 288 g/mol. The van der Waals surface area contributed by atoms with Crippen molar-refractivity contribution in [1.29, 1.82) is 0 Å². The Morgan fingerprint density at radius 3 is 2.76 bits per heavy atom. The minimum atomic E-state index is -0.0241. The highest BCUT2D eigenvalue weighted by Gasteiger charge is 2.18.